The number of ether oxygens (including phenoxy) is 2. The number of rotatable bonds is 6. The van der Waals surface area contributed by atoms with E-state index in [-0.39, 0.29) is 0 Å². The number of aromatic nitrogens is 8. The second kappa shape index (κ2) is 14.0. The van der Waals surface area contributed by atoms with Gasteiger partial charge in [-0.25, -0.2) is 29.9 Å². The van der Waals surface area contributed by atoms with Crippen LogP contribution in [0, 0.1) is 0 Å². The van der Waals surface area contributed by atoms with Crippen molar-refractivity contribution in [3.05, 3.63) is 87.0 Å². The number of thiophene rings is 2. The van der Waals surface area contributed by atoms with Crippen molar-refractivity contribution in [2.45, 2.75) is 57.8 Å². The van der Waals surface area contributed by atoms with Gasteiger partial charge in [-0.2, -0.15) is 0 Å². The molecule has 14 heteroatoms. The molecule has 51 heavy (non-hydrogen) atoms. The molecule has 10 rings (SSSR count). The van der Waals surface area contributed by atoms with E-state index in [9.17, 15) is 0 Å². The summed E-state index contributed by atoms with van der Waals surface area (Å²) in [5.41, 5.74) is 5.32. The molecule has 0 saturated carbocycles. The predicted octanol–water partition coefficient (Wildman–Crippen LogP) is 8.09. The Bertz CT molecular complexity index is 2370. The number of fused-ring (bicyclic) bond motifs is 7. The second-order valence-corrected chi connectivity index (χ2v) is 15.1. The average Bonchev–Trinajstić information content (AvgIpc) is 3.91. The zero-order chi connectivity index (χ0) is 34.1. The van der Waals surface area contributed by atoms with Crippen LogP contribution in [0.4, 0.5) is 5.82 Å². The lowest BCUT2D eigenvalue weighted by Gasteiger charge is -2.13. The Morgan fingerprint density at radius 3 is 2.00 bits per heavy atom. The Hall–Kier alpha value is -4.85. The van der Waals surface area contributed by atoms with Gasteiger partial charge in [0, 0.05) is 41.1 Å². The van der Waals surface area contributed by atoms with Crippen LogP contribution < -0.4 is 14.8 Å². The van der Waals surface area contributed by atoms with Gasteiger partial charge in [0.25, 0.3) is 0 Å². The van der Waals surface area contributed by atoms with Crippen molar-refractivity contribution in [3.63, 3.8) is 0 Å². The molecule has 1 aromatic carbocycles. The van der Waals surface area contributed by atoms with Crippen LogP contribution in [0.5, 0.6) is 11.5 Å². The summed E-state index contributed by atoms with van der Waals surface area (Å²) in [6.07, 6.45) is 20.2. The van der Waals surface area contributed by atoms with Crippen LogP contribution in [0.3, 0.4) is 0 Å². The SMILES string of the molecule is Clc1nc(-c2cnccn2)nc2sc3c(c12)CCCC3.c1cnc(-c2nc(NCCc3ccc4c(c3)OCO4)c3c4c(sc3n2)CCCC4)cn1. The molecule has 3 aliphatic rings. The lowest BCUT2D eigenvalue weighted by Crippen LogP contribution is -2.09. The van der Waals surface area contributed by atoms with Crippen LogP contribution in [-0.4, -0.2) is 53.2 Å². The predicted molar refractivity (Wildman–Crippen MR) is 200 cm³/mol. The Labute approximate surface area is 306 Å². The maximum Gasteiger partial charge on any atom is 0.231 e. The molecule has 0 amide bonds. The molecule has 1 N–H and O–H groups in total. The van der Waals surface area contributed by atoms with Gasteiger partial charge in [0.05, 0.1) is 23.2 Å². The molecule has 6 aromatic heterocycles. The van der Waals surface area contributed by atoms with Crippen LogP contribution in [0.25, 0.3) is 43.5 Å². The molecule has 0 spiro atoms. The molecule has 0 unspecified atom stereocenters. The number of hydrogen-bond donors (Lipinski definition) is 1. The third-order valence-corrected chi connectivity index (χ3v) is 12.0. The Morgan fingerprint density at radius 1 is 0.686 bits per heavy atom. The summed E-state index contributed by atoms with van der Waals surface area (Å²) in [5, 5.41) is 6.34. The van der Waals surface area contributed by atoms with Gasteiger partial charge in [-0.05, 0) is 86.6 Å². The summed E-state index contributed by atoms with van der Waals surface area (Å²) in [6.45, 7) is 1.06. The third-order valence-electron chi connectivity index (χ3n) is 9.31. The van der Waals surface area contributed by atoms with Gasteiger partial charge < -0.3 is 14.8 Å². The number of anilines is 1. The fraction of sp³-hybridized carbons (Fsp3) is 0.297. The van der Waals surface area contributed by atoms with Gasteiger partial charge in [-0.1, -0.05) is 17.7 Å². The summed E-state index contributed by atoms with van der Waals surface area (Å²) in [5.74, 6) is 3.69. The molecule has 0 radical (unpaired) electrons. The van der Waals surface area contributed by atoms with E-state index < -0.39 is 0 Å². The monoisotopic (exact) mass is 733 g/mol. The first kappa shape index (κ1) is 32.1. The van der Waals surface area contributed by atoms with E-state index in [1.54, 1.807) is 59.9 Å². The van der Waals surface area contributed by atoms with Gasteiger partial charge in [0.1, 0.15) is 32.0 Å². The van der Waals surface area contributed by atoms with Crippen molar-refractivity contribution in [2.75, 3.05) is 18.7 Å². The summed E-state index contributed by atoms with van der Waals surface area (Å²) in [7, 11) is 0. The van der Waals surface area contributed by atoms with Crippen molar-refractivity contribution in [1.29, 1.82) is 0 Å². The number of nitrogens with zero attached hydrogens (tertiary/aromatic N) is 8. The highest BCUT2D eigenvalue weighted by atomic mass is 35.5. The molecule has 256 valence electrons. The number of halogens is 1. The highest BCUT2D eigenvalue weighted by Crippen LogP contribution is 2.41. The minimum Gasteiger partial charge on any atom is -0.454 e. The molecule has 0 saturated heterocycles. The summed E-state index contributed by atoms with van der Waals surface area (Å²) >= 11 is 9.93. The topological polar surface area (TPSA) is 134 Å². The van der Waals surface area contributed by atoms with Crippen molar-refractivity contribution < 1.29 is 9.47 Å². The van der Waals surface area contributed by atoms with Gasteiger partial charge in [-0.15, -0.1) is 22.7 Å². The molecular formula is C37H32ClN9O2S2. The first-order valence-corrected chi connectivity index (χ1v) is 19.1. The highest BCUT2D eigenvalue weighted by Gasteiger charge is 2.23. The van der Waals surface area contributed by atoms with Crippen molar-refractivity contribution in [3.8, 4) is 34.5 Å². The molecule has 1 aliphatic heterocycles. The smallest absolute Gasteiger partial charge is 0.231 e. The van der Waals surface area contributed by atoms with E-state index in [0.29, 0.717) is 35.0 Å². The fourth-order valence-corrected chi connectivity index (χ4v) is 9.74. The van der Waals surface area contributed by atoms with Crippen LogP contribution in [-0.2, 0) is 32.1 Å². The van der Waals surface area contributed by atoms with E-state index in [1.807, 2.05) is 6.07 Å². The zero-order valence-corrected chi connectivity index (χ0v) is 30.0. The Morgan fingerprint density at radius 2 is 1.31 bits per heavy atom. The first-order chi connectivity index (χ1) is 25.2. The van der Waals surface area contributed by atoms with Crippen molar-refractivity contribution in [2.24, 2.45) is 0 Å². The molecule has 0 fully saturated rings. The molecule has 11 nitrogen and oxygen atoms in total. The van der Waals surface area contributed by atoms with E-state index in [4.69, 9.17) is 31.0 Å². The minimum atomic E-state index is 0.296. The van der Waals surface area contributed by atoms with Gasteiger partial charge in [-0.3, -0.25) is 9.97 Å². The van der Waals surface area contributed by atoms with Crippen LogP contribution in [0.1, 0.15) is 52.1 Å². The maximum absolute atomic E-state index is 6.40. The highest BCUT2D eigenvalue weighted by molar-refractivity contribution is 7.19. The Balaban J connectivity index is 0.000000150. The fourth-order valence-electron chi connectivity index (χ4n) is 6.88. The molecule has 0 bridgehead atoms. The quantitative estimate of drug-likeness (QED) is 0.166. The lowest BCUT2D eigenvalue weighted by molar-refractivity contribution is 0.174. The number of benzene rings is 1. The molecule has 7 aromatic rings. The van der Waals surface area contributed by atoms with Gasteiger partial charge in [0.2, 0.25) is 6.79 Å². The van der Waals surface area contributed by atoms with E-state index in [2.05, 4.69) is 47.4 Å². The zero-order valence-electron chi connectivity index (χ0n) is 27.6. The summed E-state index contributed by atoms with van der Waals surface area (Å²) < 4.78 is 10.9. The molecule has 7 heterocycles. The lowest BCUT2D eigenvalue weighted by atomic mass is 9.97. The minimum absolute atomic E-state index is 0.296. The molecular weight excluding hydrogens is 702 g/mol. The van der Waals surface area contributed by atoms with Crippen LogP contribution in [0.2, 0.25) is 5.15 Å². The summed E-state index contributed by atoms with van der Waals surface area (Å²) in [4.78, 5) is 40.5. The molecule has 0 atom stereocenters. The van der Waals surface area contributed by atoms with Crippen LogP contribution >= 0.6 is 34.3 Å². The van der Waals surface area contributed by atoms with Crippen LogP contribution in [0.15, 0.2) is 55.4 Å². The largest absolute Gasteiger partial charge is 0.454 e. The average molecular weight is 734 g/mol. The molecule has 2 aliphatic carbocycles. The van der Waals surface area contributed by atoms with Gasteiger partial charge >= 0.3 is 0 Å². The number of hydrogen-bond acceptors (Lipinski definition) is 13. The van der Waals surface area contributed by atoms with Crippen molar-refractivity contribution >= 4 is 60.5 Å². The Kier molecular flexibility index (Phi) is 8.84. The summed E-state index contributed by atoms with van der Waals surface area (Å²) in [6, 6.07) is 6.11. The van der Waals surface area contributed by atoms with Crippen molar-refractivity contribution in [1.82, 2.24) is 39.9 Å². The first-order valence-electron chi connectivity index (χ1n) is 17.1. The van der Waals surface area contributed by atoms with E-state index in [1.165, 1.54) is 57.5 Å². The normalized spacial score (nSPS) is 14.5. The third kappa shape index (κ3) is 6.45. The second-order valence-electron chi connectivity index (χ2n) is 12.6. The number of nitrogens with one attached hydrogen (secondary N) is 1. The maximum atomic E-state index is 6.40. The number of aryl methyl sites for hydroxylation is 4. The van der Waals surface area contributed by atoms with E-state index in [0.717, 1.165) is 71.0 Å². The standard InChI is InChI=1S/C23H21N5O2S.C14H11ClN4S/c1-2-4-19-15(3-1)20-22(26-8-7-14-5-6-17-18(11-14)30-13-29-17)27-21(28-23(20)31-19)16-12-24-9-10-25-16;15-12-11-8-3-1-2-4-10(8)20-14(11)19-13(18-12)9-7-16-5-6-17-9/h5-6,9-12H,1-4,7-8,13H2,(H,26,27,28);5-7H,1-4H2. The van der Waals surface area contributed by atoms with Gasteiger partial charge in [0.15, 0.2) is 23.1 Å². The van der Waals surface area contributed by atoms with E-state index >= 15 is 0 Å².